The van der Waals surface area contributed by atoms with Gasteiger partial charge in [0.2, 0.25) is 0 Å². The Hall–Kier alpha value is -1.23. The first-order valence-electron chi connectivity index (χ1n) is 5.88. The smallest absolute Gasteiger partial charge is 0.142 e. The van der Waals surface area contributed by atoms with Gasteiger partial charge in [-0.2, -0.15) is 5.10 Å². The Kier molecular flexibility index (Phi) is 4.40. The standard InChI is InChI=1S/C12H22N4O/c1-12(2,3)7-9(13)5-10(17)6-11-14-8-15-16(11)4/h8-9H,5-7,13H2,1-4H3. The lowest BCUT2D eigenvalue weighted by Crippen LogP contribution is -2.29. The van der Waals surface area contributed by atoms with E-state index in [-0.39, 0.29) is 17.2 Å². The summed E-state index contributed by atoms with van der Waals surface area (Å²) < 4.78 is 1.62. The van der Waals surface area contributed by atoms with Gasteiger partial charge < -0.3 is 5.73 Å². The molecule has 0 aliphatic rings. The van der Waals surface area contributed by atoms with Gasteiger partial charge >= 0.3 is 0 Å². The lowest BCUT2D eigenvalue weighted by molar-refractivity contribution is -0.119. The Morgan fingerprint density at radius 1 is 1.53 bits per heavy atom. The van der Waals surface area contributed by atoms with Crippen LogP contribution in [0.5, 0.6) is 0 Å². The maximum Gasteiger partial charge on any atom is 0.142 e. The summed E-state index contributed by atoms with van der Waals surface area (Å²) in [5, 5.41) is 3.93. The van der Waals surface area contributed by atoms with E-state index in [1.54, 1.807) is 11.7 Å². The summed E-state index contributed by atoms with van der Waals surface area (Å²) in [5.41, 5.74) is 6.12. The number of ketones is 1. The molecule has 0 radical (unpaired) electrons. The Morgan fingerprint density at radius 3 is 2.65 bits per heavy atom. The monoisotopic (exact) mass is 238 g/mol. The predicted molar refractivity (Wildman–Crippen MR) is 66.4 cm³/mol. The number of aryl methyl sites for hydroxylation is 1. The van der Waals surface area contributed by atoms with Crippen molar-refractivity contribution in [3.05, 3.63) is 12.2 Å². The van der Waals surface area contributed by atoms with Gasteiger partial charge in [-0.15, -0.1) is 0 Å². The SMILES string of the molecule is Cn1ncnc1CC(=O)CC(N)CC(C)(C)C. The van der Waals surface area contributed by atoms with Crippen LogP contribution in [-0.2, 0) is 18.3 Å². The Labute approximate surface area is 102 Å². The van der Waals surface area contributed by atoms with E-state index in [0.29, 0.717) is 18.7 Å². The molecule has 0 bridgehead atoms. The van der Waals surface area contributed by atoms with E-state index in [9.17, 15) is 4.79 Å². The normalized spacial score (nSPS) is 13.7. The highest BCUT2D eigenvalue weighted by Crippen LogP contribution is 2.21. The number of carbonyl (C=O) groups is 1. The largest absolute Gasteiger partial charge is 0.327 e. The molecular formula is C12H22N4O. The first-order valence-corrected chi connectivity index (χ1v) is 5.88. The van der Waals surface area contributed by atoms with Crippen molar-refractivity contribution in [1.29, 1.82) is 0 Å². The number of nitrogens with two attached hydrogens (primary N) is 1. The van der Waals surface area contributed by atoms with Crippen LogP contribution in [0.1, 0.15) is 39.4 Å². The van der Waals surface area contributed by atoms with Crippen molar-refractivity contribution in [1.82, 2.24) is 14.8 Å². The van der Waals surface area contributed by atoms with Crippen LogP contribution in [0.25, 0.3) is 0 Å². The van der Waals surface area contributed by atoms with Gasteiger partial charge in [0.25, 0.3) is 0 Å². The van der Waals surface area contributed by atoms with Gasteiger partial charge in [-0.05, 0) is 11.8 Å². The summed E-state index contributed by atoms with van der Waals surface area (Å²) in [6, 6.07) is -0.0734. The summed E-state index contributed by atoms with van der Waals surface area (Å²) in [4.78, 5) is 15.8. The molecule has 0 aliphatic heterocycles. The first kappa shape index (κ1) is 13.8. The molecule has 5 nitrogen and oxygen atoms in total. The van der Waals surface area contributed by atoms with Crippen LogP contribution < -0.4 is 5.73 Å². The van der Waals surface area contributed by atoms with E-state index >= 15 is 0 Å². The summed E-state index contributed by atoms with van der Waals surface area (Å²) in [6.45, 7) is 6.38. The van der Waals surface area contributed by atoms with E-state index in [1.165, 1.54) is 6.33 Å². The topological polar surface area (TPSA) is 73.8 Å². The summed E-state index contributed by atoms with van der Waals surface area (Å²) in [7, 11) is 1.78. The number of Topliss-reactive ketones (excluding diaryl/α,β-unsaturated/α-hetero) is 1. The molecule has 0 fully saturated rings. The van der Waals surface area contributed by atoms with Crippen molar-refractivity contribution < 1.29 is 4.79 Å². The van der Waals surface area contributed by atoms with Crippen LogP contribution in [0.15, 0.2) is 6.33 Å². The van der Waals surface area contributed by atoms with Gasteiger partial charge in [0, 0.05) is 19.5 Å². The molecule has 1 heterocycles. The molecule has 0 saturated heterocycles. The quantitative estimate of drug-likeness (QED) is 0.833. The second-order valence-electron chi connectivity index (χ2n) is 5.74. The maximum atomic E-state index is 11.8. The number of rotatable bonds is 5. The fourth-order valence-electron chi connectivity index (χ4n) is 1.88. The van der Waals surface area contributed by atoms with Crippen molar-refractivity contribution >= 4 is 5.78 Å². The molecule has 17 heavy (non-hydrogen) atoms. The van der Waals surface area contributed by atoms with E-state index in [1.807, 2.05) is 0 Å². The highest BCUT2D eigenvalue weighted by atomic mass is 16.1. The highest BCUT2D eigenvalue weighted by molar-refractivity contribution is 5.80. The number of hydrogen-bond donors (Lipinski definition) is 1. The van der Waals surface area contributed by atoms with E-state index in [0.717, 1.165) is 6.42 Å². The molecule has 0 saturated carbocycles. The minimum atomic E-state index is -0.0734. The zero-order chi connectivity index (χ0) is 13.1. The van der Waals surface area contributed by atoms with Gasteiger partial charge in [0.15, 0.2) is 0 Å². The van der Waals surface area contributed by atoms with Crippen molar-refractivity contribution in [2.24, 2.45) is 18.2 Å². The van der Waals surface area contributed by atoms with Gasteiger partial charge in [-0.1, -0.05) is 20.8 Å². The van der Waals surface area contributed by atoms with Crippen LogP contribution in [0.4, 0.5) is 0 Å². The van der Waals surface area contributed by atoms with Crippen LogP contribution in [0.3, 0.4) is 0 Å². The van der Waals surface area contributed by atoms with Gasteiger partial charge in [0.05, 0.1) is 6.42 Å². The molecule has 1 rings (SSSR count). The third kappa shape index (κ3) is 5.08. The average Bonchev–Trinajstić information content (AvgIpc) is 2.47. The van der Waals surface area contributed by atoms with Crippen LogP contribution >= 0.6 is 0 Å². The molecule has 0 amide bonds. The molecule has 1 atom stereocenters. The molecule has 2 N–H and O–H groups in total. The van der Waals surface area contributed by atoms with Crippen molar-refractivity contribution in [2.45, 2.75) is 46.1 Å². The minimum Gasteiger partial charge on any atom is -0.327 e. The van der Waals surface area contributed by atoms with Crippen molar-refractivity contribution in [2.75, 3.05) is 0 Å². The average molecular weight is 238 g/mol. The van der Waals surface area contributed by atoms with Crippen LogP contribution in [0.2, 0.25) is 0 Å². The second kappa shape index (κ2) is 5.40. The molecule has 96 valence electrons. The highest BCUT2D eigenvalue weighted by Gasteiger charge is 2.19. The van der Waals surface area contributed by atoms with Gasteiger partial charge in [-0.3, -0.25) is 9.48 Å². The molecule has 1 aromatic heterocycles. The predicted octanol–water partition coefficient (Wildman–Crippen LogP) is 1.08. The fourth-order valence-corrected chi connectivity index (χ4v) is 1.88. The number of hydrogen-bond acceptors (Lipinski definition) is 4. The summed E-state index contributed by atoms with van der Waals surface area (Å²) in [6.07, 6.45) is 3.02. The Bertz CT molecular complexity index is 378. The summed E-state index contributed by atoms with van der Waals surface area (Å²) >= 11 is 0. The number of carbonyl (C=O) groups excluding carboxylic acids is 1. The summed E-state index contributed by atoms with van der Waals surface area (Å²) in [5.74, 6) is 0.816. The number of aromatic nitrogens is 3. The fraction of sp³-hybridized carbons (Fsp3) is 0.750. The molecule has 1 aromatic rings. The Balaban J connectivity index is 2.43. The van der Waals surface area contributed by atoms with Gasteiger partial charge in [-0.25, -0.2) is 4.98 Å². The minimum absolute atomic E-state index is 0.0734. The zero-order valence-corrected chi connectivity index (χ0v) is 11.1. The molecular weight excluding hydrogens is 216 g/mol. The molecule has 1 unspecified atom stereocenters. The van der Waals surface area contributed by atoms with E-state index in [4.69, 9.17) is 5.73 Å². The lowest BCUT2D eigenvalue weighted by Gasteiger charge is -2.22. The first-order chi connectivity index (χ1) is 7.78. The molecule has 5 heteroatoms. The van der Waals surface area contributed by atoms with Crippen molar-refractivity contribution in [3.8, 4) is 0 Å². The van der Waals surface area contributed by atoms with Gasteiger partial charge in [0.1, 0.15) is 17.9 Å². The molecule has 0 aliphatic carbocycles. The van der Waals surface area contributed by atoms with E-state index in [2.05, 4.69) is 30.9 Å². The molecule has 0 spiro atoms. The third-order valence-corrected chi connectivity index (χ3v) is 2.52. The van der Waals surface area contributed by atoms with Crippen molar-refractivity contribution in [3.63, 3.8) is 0 Å². The number of nitrogens with zero attached hydrogens (tertiary/aromatic N) is 3. The molecule has 0 aromatic carbocycles. The van der Waals surface area contributed by atoms with Crippen LogP contribution in [0, 0.1) is 5.41 Å². The zero-order valence-electron chi connectivity index (χ0n) is 11.1. The second-order valence-corrected chi connectivity index (χ2v) is 5.74. The third-order valence-electron chi connectivity index (χ3n) is 2.52. The Morgan fingerprint density at radius 2 is 2.18 bits per heavy atom. The lowest BCUT2D eigenvalue weighted by atomic mass is 9.86. The van der Waals surface area contributed by atoms with E-state index < -0.39 is 0 Å². The maximum absolute atomic E-state index is 11.8. The van der Waals surface area contributed by atoms with Crippen LogP contribution in [-0.4, -0.2) is 26.6 Å².